The van der Waals surface area contributed by atoms with Crippen LogP contribution in [0.3, 0.4) is 0 Å². The van der Waals surface area contributed by atoms with Gasteiger partial charge in [-0.1, -0.05) is 0 Å². The predicted octanol–water partition coefficient (Wildman–Crippen LogP) is 3.39. The van der Waals surface area contributed by atoms with Gasteiger partial charge in [0.05, 0.1) is 11.4 Å². The van der Waals surface area contributed by atoms with E-state index in [1.807, 2.05) is 23.7 Å². The van der Waals surface area contributed by atoms with Gasteiger partial charge in [-0.05, 0) is 57.0 Å². The van der Waals surface area contributed by atoms with Crippen LogP contribution in [0.1, 0.15) is 22.5 Å². The highest BCUT2D eigenvalue weighted by Gasteiger charge is 2.09. The first-order valence-corrected chi connectivity index (χ1v) is 5.78. The molecule has 0 amide bonds. The quantitative estimate of drug-likeness (QED) is 0.746. The van der Waals surface area contributed by atoms with Gasteiger partial charge in [0.1, 0.15) is 0 Å². The molecule has 1 aromatic heterocycles. The summed E-state index contributed by atoms with van der Waals surface area (Å²) in [5, 5.41) is 4.54. The van der Waals surface area contributed by atoms with Gasteiger partial charge >= 0.3 is 0 Å². The van der Waals surface area contributed by atoms with Crippen LogP contribution in [-0.2, 0) is 0 Å². The second-order valence-corrected chi connectivity index (χ2v) is 4.66. The van der Waals surface area contributed by atoms with Crippen molar-refractivity contribution in [2.24, 2.45) is 0 Å². The second kappa shape index (κ2) is 3.98. The van der Waals surface area contributed by atoms with Gasteiger partial charge in [-0.3, -0.25) is 0 Å². The SMILES string of the molecule is Cc1cc(-n2nc(C)c(C)c2C)ccc1S. The molecular formula is C13H16N2S. The van der Waals surface area contributed by atoms with Crippen LogP contribution in [-0.4, -0.2) is 9.78 Å². The van der Waals surface area contributed by atoms with Crippen LogP contribution in [0.2, 0.25) is 0 Å². The van der Waals surface area contributed by atoms with E-state index in [4.69, 9.17) is 0 Å². The van der Waals surface area contributed by atoms with Crippen LogP contribution in [0.4, 0.5) is 0 Å². The van der Waals surface area contributed by atoms with E-state index < -0.39 is 0 Å². The van der Waals surface area contributed by atoms with Gasteiger partial charge in [0.2, 0.25) is 0 Å². The van der Waals surface area contributed by atoms with Crippen molar-refractivity contribution in [2.75, 3.05) is 0 Å². The molecule has 0 N–H and O–H groups in total. The number of hydrogen-bond donors (Lipinski definition) is 1. The van der Waals surface area contributed by atoms with E-state index in [0.717, 1.165) is 16.3 Å². The Kier molecular flexibility index (Phi) is 2.80. The predicted molar refractivity (Wildman–Crippen MR) is 69.8 cm³/mol. The normalized spacial score (nSPS) is 10.8. The van der Waals surface area contributed by atoms with Gasteiger partial charge in [-0.15, -0.1) is 12.6 Å². The number of aromatic nitrogens is 2. The molecule has 0 unspecified atom stereocenters. The Hall–Kier alpha value is -1.22. The molecule has 0 spiro atoms. The molecule has 2 aromatic rings. The van der Waals surface area contributed by atoms with Gasteiger partial charge in [-0.25, -0.2) is 4.68 Å². The van der Waals surface area contributed by atoms with E-state index >= 15 is 0 Å². The minimum Gasteiger partial charge on any atom is -0.238 e. The fourth-order valence-electron chi connectivity index (χ4n) is 1.74. The molecule has 0 saturated heterocycles. The lowest BCUT2D eigenvalue weighted by molar-refractivity contribution is 0.830. The van der Waals surface area contributed by atoms with Gasteiger partial charge in [0.15, 0.2) is 0 Å². The summed E-state index contributed by atoms with van der Waals surface area (Å²) in [6.45, 7) is 8.30. The van der Waals surface area contributed by atoms with Crippen molar-refractivity contribution in [3.63, 3.8) is 0 Å². The minimum atomic E-state index is 1.02. The summed E-state index contributed by atoms with van der Waals surface area (Å²) in [6.07, 6.45) is 0. The maximum Gasteiger partial charge on any atom is 0.0652 e. The first-order chi connectivity index (χ1) is 7.50. The molecule has 2 nitrogen and oxygen atoms in total. The lowest BCUT2D eigenvalue weighted by Gasteiger charge is -2.07. The molecule has 0 aliphatic carbocycles. The molecular weight excluding hydrogens is 216 g/mol. The van der Waals surface area contributed by atoms with Crippen molar-refractivity contribution in [2.45, 2.75) is 32.6 Å². The molecule has 0 radical (unpaired) electrons. The van der Waals surface area contributed by atoms with Gasteiger partial charge in [-0.2, -0.15) is 5.10 Å². The number of aryl methyl sites for hydroxylation is 2. The van der Waals surface area contributed by atoms with E-state index in [9.17, 15) is 0 Å². The molecule has 0 aliphatic heterocycles. The van der Waals surface area contributed by atoms with Crippen molar-refractivity contribution < 1.29 is 0 Å². The van der Waals surface area contributed by atoms with Gasteiger partial charge in [0, 0.05) is 10.6 Å². The Bertz CT molecular complexity index is 541. The number of thiol groups is 1. The number of benzene rings is 1. The van der Waals surface area contributed by atoms with Gasteiger partial charge < -0.3 is 0 Å². The molecule has 16 heavy (non-hydrogen) atoms. The smallest absolute Gasteiger partial charge is 0.0652 e. The summed E-state index contributed by atoms with van der Waals surface area (Å²) in [4.78, 5) is 1.02. The zero-order valence-electron chi connectivity index (χ0n) is 10.1. The topological polar surface area (TPSA) is 17.8 Å². The van der Waals surface area contributed by atoms with Gasteiger partial charge in [0.25, 0.3) is 0 Å². The number of nitrogens with zero attached hydrogens (tertiary/aromatic N) is 2. The molecule has 2 rings (SSSR count). The number of hydrogen-bond acceptors (Lipinski definition) is 2. The molecule has 3 heteroatoms. The average Bonchev–Trinajstić information content (AvgIpc) is 2.50. The number of rotatable bonds is 1. The minimum absolute atomic E-state index is 1.02. The first kappa shape index (κ1) is 11.3. The lowest BCUT2D eigenvalue weighted by atomic mass is 10.2. The van der Waals surface area contributed by atoms with Crippen LogP contribution < -0.4 is 0 Å². The lowest BCUT2D eigenvalue weighted by Crippen LogP contribution is -1.99. The van der Waals surface area contributed by atoms with Crippen LogP contribution >= 0.6 is 12.6 Å². The zero-order valence-corrected chi connectivity index (χ0v) is 11.0. The molecule has 0 saturated carbocycles. The summed E-state index contributed by atoms with van der Waals surface area (Å²) >= 11 is 4.38. The Morgan fingerprint density at radius 2 is 1.81 bits per heavy atom. The molecule has 0 bridgehead atoms. The van der Waals surface area contributed by atoms with E-state index in [1.165, 1.54) is 16.8 Å². The molecule has 84 valence electrons. The second-order valence-electron chi connectivity index (χ2n) is 4.18. The van der Waals surface area contributed by atoms with Crippen LogP contribution in [0.25, 0.3) is 5.69 Å². The highest BCUT2D eigenvalue weighted by molar-refractivity contribution is 7.80. The van der Waals surface area contributed by atoms with E-state index in [0.29, 0.717) is 0 Å². The maximum absolute atomic E-state index is 4.54. The molecule has 0 atom stereocenters. The highest BCUT2D eigenvalue weighted by atomic mass is 32.1. The third-order valence-electron chi connectivity index (χ3n) is 3.08. The third kappa shape index (κ3) is 1.76. The van der Waals surface area contributed by atoms with Crippen molar-refractivity contribution in [3.05, 3.63) is 40.7 Å². The zero-order chi connectivity index (χ0) is 11.9. The Labute approximate surface area is 102 Å². The highest BCUT2D eigenvalue weighted by Crippen LogP contribution is 2.20. The van der Waals surface area contributed by atoms with E-state index in [2.05, 4.69) is 44.6 Å². The Balaban J connectivity index is 2.59. The van der Waals surface area contributed by atoms with Crippen molar-refractivity contribution in [3.8, 4) is 5.69 Å². The summed E-state index contributed by atoms with van der Waals surface area (Å²) in [7, 11) is 0. The molecule has 0 fully saturated rings. The van der Waals surface area contributed by atoms with Crippen LogP contribution in [0, 0.1) is 27.7 Å². The largest absolute Gasteiger partial charge is 0.238 e. The first-order valence-electron chi connectivity index (χ1n) is 5.33. The summed E-state index contributed by atoms with van der Waals surface area (Å²) in [6, 6.07) is 6.18. The molecule has 1 aromatic carbocycles. The van der Waals surface area contributed by atoms with Crippen LogP contribution in [0.15, 0.2) is 23.1 Å². The summed E-state index contributed by atoms with van der Waals surface area (Å²) in [5.41, 5.74) is 5.82. The fourth-order valence-corrected chi connectivity index (χ4v) is 1.88. The fraction of sp³-hybridized carbons (Fsp3) is 0.308. The average molecular weight is 232 g/mol. The van der Waals surface area contributed by atoms with Crippen LogP contribution in [0.5, 0.6) is 0 Å². The molecule has 1 heterocycles. The van der Waals surface area contributed by atoms with Crippen molar-refractivity contribution in [1.29, 1.82) is 0 Å². The Morgan fingerprint density at radius 3 is 2.31 bits per heavy atom. The van der Waals surface area contributed by atoms with Crippen molar-refractivity contribution in [1.82, 2.24) is 9.78 Å². The third-order valence-corrected chi connectivity index (χ3v) is 3.58. The Morgan fingerprint density at radius 1 is 1.12 bits per heavy atom. The standard InChI is InChI=1S/C13H16N2S/c1-8-7-12(5-6-13(8)16)15-11(4)9(2)10(3)14-15/h5-7,16H,1-4H3. The monoisotopic (exact) mass is 232 g/mol. The summed E-state index contributed by atoms with van der Waals surface area (Å²) < 4.78 is 1.99. The van der Waals surface area contributed by atoms with E-state index in [-0.39, 0.29) is 0 Å². The maximum atomic E-state index is 4.54. The van der Waals surface area contributed by atoms with E-state index in [1.54, 1.807) is 0 Å². The molecule has 0 aliphatic rings. The summed E-state index contributed by atoms with van der Waals surface area (Å²) in [5.74, 6) is 0. The van der Waals surface area contributed by atoms with Crippen molar-refractivity contribution >= 4 is 12.6 Å².